The number of ketones is 2. The van der Waals surface area contributed by atoms with Crippen LogP contribution in [0.1, 0.15) is 0 Å². The molecule has 0 atom stereocenters. The number of hydrogen-bond acceptors (Lipinski definition) is 9. The molecule has 0 unspecified atom stereocenters. The van der Waals surface area contributed by atoms with Gasteiger partial charge < -0.3 is 4.84 Å². The van der Waals surface area contributed by atoms with E-state index in [1.165, 1.54) is 6.20 Å². The molecule has 2 aliphatic heterocycles. The van der Waals surface area contributed by atoms with E-state index in [2.05, 4.69) is 10.5 Å². The first-order chi connectivity index (χ1) is 11.0. The number of Topliss-reactive ketones (excluding diaryl/α,β-unsaturated/α-hetero) is 1. The molecule has 0 fully saturated rings. The van der Waals surface area contributed by atoms with Crippen LogP contribution in [-0.2, 0) is 14.4 Å². The smallest absolute Gasteiger partial charge is 0.321 e. The van der Waals surface area contributed by atoms with E-state index >= 15 is 0 Å². The van der Waals surface area contributed by atoms with E-state index in [0.717, 1.165) is 17.2 Å². The van der Waals surface area contributed by atoms with Crippen molar-refractivity contribution in [1.82, 2.24) is 10.5 Å². The number of hydrogen-bond donors (Lipinski definition) is 2. The molecule has 0 amide bonds. The van der Waals surface area contributed by atoms with Gasteiger partial charge in [-0.05, 0) is 12.2 Å². The number of nitro groups is 1. The second-order valence-electron chi connectivity index (χ2n) is 4.48. The van der Waals surface area contributed by atoms with Gasteiger partial charge in [-0.3, -0.25) is 24.9 Å². The first-order valence-corrected chi connectivity index (χ1v) is 6.23. The molecule has 0 saturated carbocycles. The Kier molecular flexibility index (Phi) is 3.35. The summed E-state index contributed by atoms with van der Waals surface area (Å²) >= 11 is 0. The van der Waals surface area contributed by atoms with E-state index in [0.29, 0.717) is 0 Å². The summed E-state index contributed by atoms with van der Waals surface area (Å²) in [6.45, 7) is 0. The van der Waals surface area contributed by atoms with Crippen LogP contribution in [0.3, 0.4) is 0 Å². The Hall–Kier alpha value is -3.53. The molecule has 116 valence electrons. The fraction of sp³-hybridized carbons (Fsp3) is 0. The van der Waals surface area contributed by atoms with E-state index in [-0.39, 0.29) is 23.0 Å². The van der Waals surface area contributed by atoms with Crippen molar-refractivity contribution < 1.29 is 24.6 Å². The predicted octanol–water partition coefficient (Wildman–Crippen LogP) is 0.102. The molecule has 3 rings (SSSR count). The highest BCUT2D eigenvalue weighted by Crippen LogP contribution is 2.21. The maximum absolute atomic E-state index is 11.5. The highest BCUT2D eigenvalue weighted by Gasteiger charge is 2.34. The van der Waals surface area contributed by atoms with Gasteiger partial charge in [0.05, 0.1) is 10.5 Å². The average Bonchev–Trinajstić information content (AvgIpc) is 2.99. The van der Waals surface area contributed by atoms with Gasteiger partial charge in [0.25, 0.3) is 5.90 Å². The molecule has 0 saturated heterocycles. The fourth-order valence-electron chi connectivity index (χ4n) is 1.95. The van der Waals surface area contributed by atoms with Crippen LogP contribution in [0.15, 0.2) is 64.4 Å². The third kappa shape index (κ3) is 2.53. The van der Waals surface area contributed by atoms with Crippen LogP contribution in [0.2, 0.25) is 0 Å². The topological polar surface area (TPSA) is 134 Å². The molecule has 0 aromatic carbocycles. The van der Waals surface area contributed by atoms with Crippen LogP contribution in [0, 0.1) is 10.1 Å². The van der Waals surface area contributed by atoms with Crippen LogP contribution >= 0.6 is 0 Å². The maximum Gasteiger partial charge on any atom is 0.321 e. The third-order valence-corrected chi connectivity index (χ3v) is 3.02. The summed E-state index contributed by atoms with van der Waals surface area (Å²) < 4.78 is 0. The quantitative estimate of drug-likeness (QED) is 0.317. The number of nitrogens with one attached hydrogen (secondary N) is 1. The van der Waals surface area contributed by atoms with Gasteiger partial charge in [0.1, 0.15) is 5.70 Å². The van der Waals surface area contributed by atoms with Crippen molar-refractivity contribution in [2.45, 2.75) is 0 Å². The maximum atomic E-state index is 11.5. The molecule has 3 aliphatic rings. The summed E-state index contributed by atoms with van der Waals surface area (Å²) in [6, 6.07) is 0. The summed E-state index contributed by atoms with van der Waals surface area (Å²) in [5.74, 6) is -2.25. The van der Waals surface area contributed by atoms with Crippen molar-refractivity contribution >= 4 is 17.5 Å². The van der Waals surface area contributed by atoms with E-state index in [9.17, 15) is 24.9 Å². The molecular formula is C13H8N4O6. The average molecular weight is 316 g/mol. The van der Waals surface area contributed by atoms with Gasteiger partial charge in [0, 0.05) is 18.4 Å². The molecule has 2 N–H and O–H groups in total. The Morgan fingerprint density at radius 1 is 1.30 bits per heavy atom. The molecule has 1 aliphatic carbocycles. The Balaban J connectivity index is 1.97. The van der Waals surface area contributed by atoms with Gasteiger partial charge in [0.15, 0.2) is 5.82 Å². The van der Waals surface area contributed by atoms with Gasteiger partial charge in [0.2, 0.25) is 5.78 Å². The summed E-state index contributed by atoms with van der Waals surface area (Å²) in [6.07, 6.45) is 7.95. The van der Waals surface area contributed by atoms with Gasteiger partial charge in [-0.25, -0.2) is 5.06 Å². The highest BCUT2D eigenvalue weighted by atomic mass is 16.7. The molecule has 0 aromatic heterocycles. The number of aliphatic imine (C=N–C) groups is 1. The van der Waals surface area contributed by atoms with E-state index in [1.807, 2.05) is 0 Å². The Bertz CT molecular complexity index is 814. The van der Waals surface area contributed by atoms with E-state index in [4.69, 9.17) is 4.84 Å². The largest absolute Gasteiger partial charge is 0.359 e. The molecule has 10 nitrogen and oxygen atoms in total. The second kappa shape index (κ2) is 5.35. The highest BCUT2D eigenvalue weighted by molar-refractivity contribution is 6.48. The minimum atomic E-state index is -1.20. The minimum Gasteiger partial charge on any atom is -0.359 e. The lowest BCUT2D eigenvalue weighted by Crippen LogP contribution is -2.25. The van der Waals surface area contributed by atoms with Crippen molar-refractivity contribution in [1.29, 1.82) is 0 Å². The Morgan fingerprint density at radius 3 is 2.78 bits per heavy atom. The summed E-state index contributed by atoms with van der Waals surface area (Å²) in [5, 5.41) is 21.3. The lowest BCUT2D eigenvalue weighted by Gasteiger charge is -2.15. The SMILES string of the molecule is O=C1C=C(C2=NC(=C3C=CC=CN3O)NO2)C=C([N+](=O)[O-])C1=O. The predicted molar refractivity (Wildman–Crippen MR) is 73.8 cm³/mol. The number of rotatable bonds is 2. The number of hydroxylamine groups is 3. The van der Waals surface area contributed by atoms with Gasteiger partial charge in [-0.15, -0.1) is 0 Å². The summed E-state index contributed by atoms with van der Waals surface area (Å²) in [7, 11) is 0. The molecule has 0 bridgehead atoms. The molecule has 0 aromatic rings. The lowest BCUT2D eigenvalue weighted by atomic mass is 10.0. The van der Waals surface area contributed by atoms with Crippen LogP contribution in [0.25, 0.3) is 0 Å². The molecular weight excluding hydrogens is 308 g/mol. The number of carbonyl (C=O) groups excluding carboxylic acids is 2. The summed E-state index contributed by atoms with van der Waals surface area (Å²) in [4.78, 5) is 41.9. The van der Waals surface area contributed by atoms with Crippen molar-refractivity contribution in [3.63, 3.8) is 0 Å². The molecule has 0 radical (unpaired) electrons. The first-order valence-electron chi connectivity index (χ1n) is 6.23. The van der Waals surface area contributed by atoms with Gasteiger partial charge in [-0.2, -0.15) is 10.5 Å². The Labute approximate surface area is 128 Å². The van der Waals surface area contributed by atoms with Crippen LogP contribution in [0.4, 0.5) is 0 Å². The molecule has 23 heavy (non-hydrogen) atoms. The zero-order chi connectivity index (χ0) is 16.6. The second-order valence-corrected chi connectivity index (χ2v) is 4.48. The zero-order valence-corrected chi connectivity index (χ0v) is 11.3. The molecule has 2 heterocycles. The zero-order valence-electron chi connectivity index (χ0n) is 11.3. The molecule has 0 spiro atoms. The van der Waals surface area contributed by atoms with Crippen LogP contribution in [-0.4, -0.2) is 32.7 Å². The van der Waals surface area contributed by atoms with Crippen molar-refractivity contribution in [2.75, 3.05) is 0 Å². The van der Waals surface area contributed by atoms with E-state index < -0.39 is 22.2 Å². The monoisotopic (exact) mass is 316 g/mol. The van der Waals surface area contributed by atoms with Crippen molar-refractivity contribution in [3.8, 4) is 0 Å². The first kappa shape index (κ1) is 14.4. The molecule has 10 heteroatoms. The van der Waals surface area contributed by atoms with E-state index in [1.54, 1.807) is 18.2 Å². The van der Waals surface area contributed by atoms with Crippen LogP contribution in [0.5, 0.6) is 0 Å². The number of allylic oxidation sites excluding steroid dienone is 5. The Morgan fingerprint density at radius 2 is 2.09 bits per heavy atom. The van der Waals surface area contributed by atoms with Gasteiger partial charge in [-0.1, -0.05) is 6.08 Å². The lowest BCUT2D eigenvalue weighted by molar-refractivity contribution is -0.418. The number of carbonyl (C=O) groups is 2. The van der Waals surface area contributed by atoms with Crippen molar-refractivity contribution in [3.05, 3.63) is 69.5 Å². The minimum absolute atomic E-state index is 0.0239. The van der Waals surface area contributed by atoms with Crippen LogP contribution < -0.4 is 5.48 Å². The van der Waals surface area contributed by atoms with Gasteiger partial charge >= 0.3 is 11.5 Å². The number of nitrogens with zero attached hydrogens (tertiary/aromatic N) is 3. The van der Waals surface area contributed by atoms with Crippen molar-refractivity contribution in [2.24, 2.45) is 4.99 Å². The fourth-order valence-corrected chi connectivity index (χ4v) is 1.95. The third-order valence-electron chi connectivity index (χ3n) is 3.02. The summed E-state index contributed by atoms with van der Waals surface area (Å²) in [5.41, 5.74) is 1.81. The standard InChI is InChI=1S/C13H8N4O6/c18-10-6-7(5-9(11(10)19)17(21)22)13-14-12(15-23-13)8-3-1-2-4-16(8)20/h1-6,15,20H. The normalized spacial score (nSPS) is 23.2.